The molecule has 1 aliphatic rings. The fraction of sp³-hybridized carbons (Fsp3) is 0.615. The smallest absolute Gasteiger partial charge is 0.327 e. The van der Waals surface area contributed by atoms with E-state index in [2.05, 4.69) is 12.1 Å². The van der Waals surface area contributed by atoms with Crippen LogP contribution in [0.1, 0.15) is 63.9 Å². The van der Waals surface area contributed by atoms with E-state index in [1.807, 2.05) is 29.8 Å². The van der Waals surface area contributed by atoms with Crippen molar-refractivity contribution in [1.29, 1.82) is 0 Å². The van der Waals surface area contributed by atoms with Crippen LogP contribution in [0.5, 0.6) is 0 Å². The van der Waals surface area contributed by atoms with Crippen molar-refractivity contribution in [1.82, 2.24) is 9.62 Å². The van der Waals surface area contributed by atoms with Gasteiger partial charge < -0.3 is 10.0 Å². The molecule has 1 aromatic rings. The summed E-state index contributed by atoms with van der Waals surface area (Å²) in [6.45, 7) is 2.07. The highest BCUT2D eigenvalue weighted by Gasteiger charge is 2.52. The van der Waals surface area contributed by atoms with Crippen LogP contribution in [0, 0.1) is 5.92 Å². The molecule has 3 atom stereocenters. The third kappa shape index (κ3) is 10.3. The molecule has 0 aromatic heterocycles. The molecule has 1 fully saturated rings. The van der Waals surface area contributed by atoms with Gasteiger partial charge in [-0.2, -0.15) is 8.78 Å². The van der Waals surface area contributed by atoms with Crippen LogP contribution in [0.4, 0.5) is 8.78 Å². The molecule has 1 aliphatic heterocycles. The van der Waals surface area contributed by atoms with Gasteiger partial charge in [-0.1, -0.05) is 62.2 Å². The second kappa shape index (κ2) is 13.8. The van der Waals surface area contributed by atoms with Crippen LogP contribution in [-0.4, -0.2) is 61.1 Å². The number of halogens is 2. The van der Waals surface area contributed by atoms with Crippen molar-refractivity contribution in [2.24, 2.45) is 5.92 Å². The normalized spacial score (nSPS) is 19.5. The molecular weight excluding hydrogens is 490 g/mol. The molecular formula is C26H38F2N2O5S. The molecule has 1 saturated heterocycles. The third-order valence-corrected chi connectivity index (χ3v) is 6.97. The van der Waals surface area contributed by atoms with Gasteiger partial charge in [-0.15, -0.1) is 0 Å². The Labute approximate surface area is 213 Å². The second-order valence-electron chi connectivity index (χ2n) is 9.67. The summed E-state index contributed by atoms with van der Waals surface area (Å²) in [6, 6.07) is 9.28. The van der Waals surface area contributed by atoms with Crippen molar-refractivity contribution >= 4 is 21.8 Å². The molecule has 0 aliphatic carbocycles. The lowest BCUT2D eigenvalue weighted by Crippen LogP contribution is -2.36. The molecule has 7 nitrogen and oxygen atoms in total. The number of aliphatic hydroxyl groups is 1. The van der Waals surface area contributed by atoms with Crippen molar-refractivity contribution in [2.45, 2.75) is 82.8 Å². The summed E-state index contributed by atoms with van der Waals surface area (Å²) in [7, 11) is -3.58. The molecule has 2 N–H and O–H groups in total. The van der Waals surface area contributed by atoms with Crippen LogP contribution in [0.15, 0.2) is 42.5 Å². The summed E-state index contributed by atoms with van der Waals surface area (Å²) in [4.78, 5) is 24.9. The Morgan fingerprint density at radius 3 is 2.53 bits per heavy atom. The molecule has 0 unspecified atom stereocenters. The first-order chi connectivity index (χ1) is 16.9. The highest BCUT2D eigenvalue weighted by Crippen LogP contribution is 2.34. The van der Waals surface area contributed by atoms with E-state index in [9.17, 15) is 31.9 Å². The predicted molar refractivity (Wildman–Crippen MR) is 135 cm³/mol. The highest BCUT2D eigenvalue weighted by atomic mass is 32.2. The number of aryl methyl sites for hydroxylation is 1. The van der Waals surface area contributed by atoms with Crippen LogP contribution in [0.25, 0.3) is 0 Å². The Balaban J connectivity index is 1.77. The quantitative estimate of drug-likeness (QED) is 0.266. The van der Waals surface area contributed by atoms with E-state index in [0.29, 0.717) is 25.7 Å². The number of nitrogens with one attached hydrogen (secondary N) is 1. The van der Waals surface area contributed by atoms with E-state index in [-0.39, 0.29) is 18.9 Å². The van der Waals surface area contributed by atoms with Crippen molar-refractivity contribution in [3.05, 3.63) is 48.0 Å². The highest BCUT2D eigenvalue weighted by molar-refractivity contribution is 7.89. The number of carbonyl (C=O) groups is 2. The van der Waals surface area contributed by atoms with Crippen LogP contribution in [0.3, 0.4) is 0 Å². The lowest BCUT2D eigenvalue weighted by Gasteiger charge is -2.22. The monoisotopic (exact) mass is 528 g/mol. The zero-order valence-corrected chi connectivity index (χ0v) is 21.9. The maximum Gasteiger partial charge on any atom is 0.327 e. The number of aliphatic hydroxyl groups excluding tert-OH is 1. The molecule has 1 heterocycles. The van der Waals surface area contributed by atoms with Gasteiger partial charge in [-0.25, -0.2) is 8.42 Å². The molecule has 0 radical (unpaired) electrons. The summed E-state index contributed by atoms with van der Waals surface area (Å²) in [6.07, 6.45) is 7.37. The molecule has 0 spiro atoms. The van der Waals surface area contributed by atoms with Gasteiger partial charge in [0.2, 0.25) is 15.9 Å². The predicted octanol–water partition coefficient (Wildman–Crippen LogP) is 3.83. The van der Waals surface area contributed by atoms with E-state index in [1.165, 1.54) is 22.6 Å². The van der Waals surface area contributed by atoms with Gasteiger partial charge in [0.15, 0.2) is 0 Å². The SMILES string of the molecule is C[C@@H](CCCc1ccccc1)[C@H](O)/C=C/[C@H]1CC(F)(F)C(=O)N1CCCCCCC(=O)NS(C)(=O)=O. The molecule has 0 bridgehead atoms. The van der Waals surface area contributed by atoms with Crippen molar-refractivity contribution in [3.63, 3.8) is 0 Å². The molecule has 202 valence electrons. The number of rotatable bonds is 15. The summed E-state index contributed by atoms with van der Waals surface area (Å²) in [5.74, 6) is -5.25. The minimum Gasteiger partial charge on any atom is -0.389 e. The third-order valence-electron chi connectivity index (χ3n) is 6.37. The Morgan fingerprint density at radius 1 is 1.19 bits per heavy atom. The zero-order valence-electron chi connectivity index (χ0n) is 21.0. The lowest BCUT2D eigenvalue weighted by molar-refractivity contribution is -0.148. The van der Waals surface area contributed by atoms with Gasteiger partial charge in [0, 0.05) is 19.4 Å². The molecule has 10 heteroatoms. The number of sulfonamides is 1. The fourth-order valence-corrected chi connectivity index (χ4v) is 4.83. The van der Waals surface area contributed by atoms with E-state index < -0.39 is 46.3 Å². The number of carbonyl (C=O) groups excluding carboxylic acids is 2. The number of nitrogens with zero attached hydrogens (tertiary/aromatic N) is 1. The number of likely N-dealkylation sites (tertiary alicyclic amines) is 1. The second-order valence-corrected chi connectivity index (χ2v) is 11.4. The lowest BCUT2D eigenvalue weighted by atomic mass is 9.95. The largest absolute Gasteiger partial charge is 0.389 e. The number of hydrogen-bond acceptors (Lipinski definition) is 5. The molecule has 36 heavy (non-hydrogen) atoms. The van der Waals surface area contributed by atoms with E-state index in [1.54, 1.807) is 0 Å². The Hall–Kier alpha value is -2.33. The van der Waals surface area contributed by atoms with Gasteiger partial charge in [0.1, 0.15) is 0 Å². The first-order valence-corrected chi connectivity index (χ1v) is 14.4. The van der Waals surface area contributed by atoms with Crippen LogP contribution in [0.2, 0.25) is 0 Å². The Morgan fingerprint density at radius 2 is 1.86 bits per heavy atom. The van der Waals surface area contributed by atoms with Gasteiger partial charge in [0.25, 0.3) is 5.91 Å². The minimum absolute atomic E-state index is 0.0454. The van der Waals surface area contributed by atoms with Gasteiger partial charge in [0.05, 0.1) is 18.4 Å². The first-order valence-electron chi connectivity index (χ1n) is 12.5. The maximum absolute atomic E-state index is 14.1. The van der Waals surface area contributed by atoms with Crippen LogP contribution < -0.4 is 4.72 Å². The molecule has 0 saturated carbocycles. The average Bonchev–Trinajstić information content (AvgIpc) is 3.01. The number of alkyl halides is 2. The maximum atomic E-state index is 14.1. The van der Waals surface area contributed by atoms with E-state index in [0.717, 1.165) is 25.5 Å². The van der Waals surface area contributed by atoms with Crippen molar-refractivity contribution in [2.75, 3.05) is 12.8 Å². The summed E-state index contributed by atoms with van der Waals surface area (Å²) >= 11 is 0. The first kappa shape index (κ1) is 29.9. The van der Waals surface area contributed by atoms with Gasteiger partial charge in [-0.05, 0) is 43.6 Å². The van der Waals surface area contributed by atoms with Crippen molar-refractivity contribution in [3.8, 4) is 0 Å². The van der Waals surface area contributed by atoms with Gasteiger partial charge >= 0.3 is 5.92 Å². The average molecular weight is 529 g/mol. The number of unbranched alkanes of at least 4 members (excludes halogenated alkanes) is 3. The van der Waals surface area contributed by atoms with Crippen LogP contribution in [-0.2, 0) is 26.0 Å². The Kier molecular flexibility index (Phi) is 11.5. The summed E-state index contributed by atoms with van der Waals surface area (Å²) in [5.41, 5.74) is 1.23. The van der Waals surface area contributed by atoms with E-state index >= 15 is 0 Å². The minimum atomic E-state index is -3.58. The summed E-state index contributed by atoms with van der Waals surface area (Å²) < 4.78 is 52.2. The summed E-state index contributed by atoms with van der Waals surface area (Å²) in [5, 5.41) is 10.5. The Bertz CT molecular complexity index is 985. The van der Waals surface area contributed by atoms with Crippen molar-refractivity contribution < 1.29 is 31.9 Å². The van der Waals surface area contributed by atoms with E-state index in [4.69, 9.17) is 0 Å². The molecule has 1 aromatic carbocycles. The van der Waals surface area contributed by atoms with Gasteiger partial charge in [-0.3, -0.25) is 14.3 Å². The standard InChI is InChI=1S/C26H38F2N2O5S/c1-20(11-10-14-21-12-6-5-7-13-21)23(31)17-16-22-19-26(27,28)25(33)30(22)18-9-4-3-8-15-24(32)29-36(2,34)35/h5-7,12-13,16-17,20,22-23,31H,3-4,8-11,14-15,18-19H2,1-2H3,(H,29,32)/b17-16+/t20-,22-,23+/m0/s1. The topological polar surface area (TPSA) is 104 Å². The van der Waals surface area contributed by atoms with Crippen LogP contribution >= 0.6 is 0 Å². The zero-order chi connectivity index (χ0) is 26.8. The molecule has 2 rings (SSSR count). The molecule has 2 amide bonds. The number of hydrogen-bond donors (Lipinski definition) is 2. The number of amides is 2. The number of benzene rings is 1. The fourth-order valence-electron chi connectivity index (χ4n) is 4.31.